The van der Waals surface area contributed by atoms with Gasteiger partial charge < -0.3 is 25.1 Å². The van der Waals surface area contributed by atoms with Crippen LogP contribution in [0.3, 0.4) is 0 Å². The van der Waals surface area contributed by atoms with Crippen LogP contribution in [0.2, 0.25) is 0 Å². The molecular weight excluding hydrogens is 543 g/mol. The maximum Gasteiger partial charge on any atom is 0.166 e. The van der Waals surface area contributed by atoms with Crippen molar-refractivity contribution < 1.29 is 23.7 Å². The van der Waals surface area contributed by atoms with Gasteiger partial charge in [-0.25, -0.2) is 4.39 Å². The predicted octanol–water partition coefficient (Wildman–Crippen LogP) is 7.69. The molecule has 1 heterocycles. The van der Waals surface area contributed by atoms with E-state index >= 15 is 4.39 Å². The lowest BCUT2D eigenvalue weighted by Gasteiger charge is -2.53. The van der Waals surface area contributed by atoms with Gasteiger partial charge in [0.05, 0.1) is 14.2 Å². The zero-order valence-electron chi connectivity index (χ0n) is 26.6. The van der Waals surface area contributed by atoms with Gasteiger partial charge in [-0.1, -0.05) is 12.1 Å². The maximum absolute atomic E-state index is 15.4. The SMILES string of the molecule is COc1cc(-c2c(O)ccc3c2CCCC3)c(N)c(Cc2ccc(OCCN3C(C)(C)CCCC3(C)C)c(F)c2)c1OC. The van der Waals surface area contributed by atoms with Crippen molar-refractivity contribution in [1.29, 1.82) is 0 Å². The number of aromatic hydroxyl groups is 1. The number of nitrogens with two attached hydrogens (primary N) is 1. The Morgan fingerprint density at radius 1 is 0.907 bits per heavy atom. The Kier molecular flexibility index (Phi) is 8.85. The highest BCUT2D eigenvalue weighted by molar-refractivity contribution is 5.88. The zero-order valence-corrected chi connectivity index (χ0v) is 26.6. The van der Waals surface area contributed by atoms with Crippen LogP contribution < -0.4 is 19.9 Å². The van der Waals surface area contributed by atoms with Gasteiger partial charge in [0, 0.05) is 46.4 Å². The molecule has 7 heteroatoms. The van der Waals surface area contributed by atoms with Crippen molar-refractivity contribution in [2.45, 2.75) is 90.1 Å². The molecule has 1 aliphatic heterocycles. The maximum atomic E-state index is 15.4. The van der Waals surface area contributed by atoms with Crippen molar-refractivity contribution in [2.24, 2.45) is 0 Å². The van der Waals surface area contributed by atoms with Gasteiger partial charge >= 0.3 is 0 Å². The van der Waals surface area contributed by atoms with Crippen LogP contribution in [0.5, 0.6) is 23.0 Å². The topological polar surface area (TPSA) is 77.2 Å². The van der Waals surface area contributed by atoms with Crippen LogP contribution in [0, 0.1) is 5.82 Å². The summed E-state index contributed by atoms with van der Waals surface area (Å²) in [7, 11) is 3.16. The Bertz CT molecular complexity index is 1470. The zero-order chi connectivity index (χ0) is 30.9. The van der Waals surface area contributed by atoms with Gasteiger partial charge in [-0.2, -0.15) is 0 Å². The van der Waals surface area contributed by atoms with Gasteiger partial charge in [-0.05, 0) is 114 Å². The second kappa shape index (κ2) is 12.3. The molecule has 43 heavy (non-hydrogen) atoms. The third kappa shape index (κ3) is 6.14. The first-order valence-electron chi connectivity index (χ1n) is 15.5. The fourth-order valence-corrected chi connectivity index (χ4v) is 7.45. The normalized spacial score (nSPS) is 17.7. The summed E-state index contributed by atoms with van der Waals surface area (Å²) in [6.07, 6.45) is 7.86. The number of rotatable bonds is 9. The molecule has 0 radical (unpaired) electrons. The minimum absolute atomic E-state index is 0.0813. The third-order valence-electron chi connectivity index (χ3n) is 9.58. The number of halogens is 1. The van der Waals surface area contributed by atoms with E-state index in [0.717, 1.165) is 61.8 Å². The summed E-state index contributed by atoms with van der Waals surface area (Å²) in [4.78, 5) is 2.49. The van der Waals surface area contributed by atoms with E-state index in [1.54, 1.807) is 26.4 Å². The number of phenolic OH excluding ortho intramolecular Hbond substituents is 1. The van der Waals surface area contributed by atoms with E-state index in [1.165, 1.54) is 18.1 Å². The van der Waals surface area contributed by atoms with E-state index in [-0.39, 0.29) is 22.6 Å². The van der Waals surface area contributed by atoms with Gasteiger partial charge in [-0.3, -0.25) is 4.90 Å². The van der Waals surface area contributed by atoms with Crippen molar-refractivity contribution >= 4 is 5.69 Å². The van der Waals surface area contributed by atoms with Crippen molar-refractivity contribution in [2.75, 3.05) is 33.1 Å². The number of benzene rings is 3. The minimum Gasteiger partial charge on any atom is -0.507 e. The van der Waals surface area contributed by atoms with Crippen LogP contribution in [0.25, 0.3) is 11.1 Å². The number of ether oxygens (including phenoxy) is 3. The van der Waals surface area contributed by atoms with E-state index in [0.29, 0.717) is 41.3 Å². The van der Waals surface area contributed by atoms with Crippen LogP contribution in [0.4, 0.5) is 10.1 Å². The lowest BCUT2D eigenvalue weighted by molar-refractivity contribution is -0.0342. The molecule has 0 spiro atoms. The second-order valence-corrected chi connectivity index (χ2v) is 13.3. The number of fused-ring (bicyclic) bond motifs is 1. The number of phenols is 1. The molecule has 0 aromatic heterocycles. The van der Waals surface area contributed by atoms with Gasteiger partial charge in [0.2, 0.25) is 0 Å². The quantitative estimate of drug-likeness (QED) is 0.249. The Balaban J connectivity index is 1.41. The van der Waals surface area contributed by atoms with Crippen LogP contribution in [-0.4, -0.2) is 48.5 Å². The molecule has 6 nitrogen and oxygen atoms in total. The van der Waals surface area contributed by atoms with Crippen molar-refractivity contribution in [3.05, 3.63) is 64.5 Å². The number of hydrogen-bond donors (Lipinski definition) is 2. The van der Waals surface area contributed by atoms with E-state index in [2.05, 4.69) is 32.6 Å². The molecule has 0 atom stereocenters. The Hall–Kier alpha value is -3.45. The van der Waals surface area contributed by atoms with E-state index in [1.807, 2.05) is 18.2 Å². The molecule has 0 unspecified atom stereocenters. The van der Waals surface area contributed by atoms with E-state index in [9.17, 15) is 5.11 Å². The Labute approximate surface area is 256 Å². The largest absolute Gasteiger partial charge is 0.507 e. The molecular formula is C36H47FN2O4. The average Bonchev–Trinajstić information content (AvgIpc) is 2.96. The monoisotopic (exact) mass is 590 g/mol. The number of methoxy groups -OCH3 is 2. The summed E-state index contributed by atoms with van der Waals surface area (Å²) in [5.74, 6) is 1.03. The third-order valence-corrected chi connectivity index (χ3v) is 9.58. The van der Waals surface area contributed by atoms with Crippen LogP contribution in [0.15, 0.2) is 36.4 Å². The number of hydrogen-bond acceptors (Lipinski definition) is 6. The number of aryl methyl sites for hydroxylation is 1. The molecule has 3 aromatic rings. The number of likely N-dealkylation sites (tertiary alicyclic amines) is 1. The number of nitrogens with zero attached hydrogens (tertiary/aromatic N) is 1. The Morgan fingerprint density at radius 2 is 1.63 bits per heavy atom. The predicted molar refractivity (Wildman–Crippen MR) is 171 cm³/mol. The van der Waals surface area contributed by atoms with Crippen LogP contribution in [0.1, 0.15) is 82.1 Å². The van der Waals surface area contributed by atoms with Crippen molar-refractivity contribution in [3.63, 3.8) is 0 Å². The summed E-state index contributed by atoms with van der Waals surface area (Å²) in [5.41, 5.74) is 12.7. The molecule has 0 bridgehead atoms. The summed E-state index contributed by atoms with van der Waals surface area (Å²) >= 11 is 0. The molecule has 3 aromatic carbocycles. The second-order valence-electron chi connectivity index (χ2n) is 13.3. The molecule has 2 aliphatic rings. The molecule has 0 amide bonds. The molecule has 5 rings (SSSR count). The van der Waals surface area contributed by atoms with Gasteiger partial charge in [0.1, 0.15) is 12.4 Å². The molecule has 1 saturated heterocycles. The van der Waals surface area contributed by atoms with E-state index < -0.39 is 5.82 Å². The number of anilines is 1. The summed E-state index contributed by atoms with van der Waals surface area (Å²) in [5, 5.41) is 11.0. The fourth-order valence-electron chi connectivity index (χ4n) is 7.45. The number of piperidine rings is 1. The smallest absolute Gasteiger partial charge is 0.166 e. The summed E-state index contributed by atoms with van der Waals surface area (Å²) < 4.78 is 32.8. The molecule has 0 saturated carbocycles. The molecule has 3 N–H and O–H groups in total. The van der Waals surface area contributed by atoms with Crippen LogP contribution >= 0.6 is 0 Å². The van der Waals surface area contributed by atoms with Gasteiger partial charge in [0.15, 0.2) is 23.1 Å². The Morgan fingerprint density at radius 3 is 2.30 bits per heavy atom. The summed E-state index contributed by atoms with van der Waals surface area (Å²) in [6, 6.07) is 10.7. The molecule has 1 fully saturated rings. The summed E-state index contributed by atoms with van der Waals surface area (Å²) in [6.45, 7) is 10.3. The van der Waals surface area contributed by atoms with Crippen molar-refractivity contribution in [3.8, 4) is 34.1 Å². The molecule has 1 aliphatic carbocycles. The van der Waals surface area contributed by atoms with E-state index in [4.69, 9.17) is 19.9 Å². The first kappa shape index (κ1) is 31.0. The average molecular weight is 591 g/mol. The van der Waals surface area contributed by atoms with Gasteiger partial charge in [0.25, 0.3) is 0 Å². The molecule has 232 valence electrons. The first-order chi connectivity index (χ1) is 20.5. The fraction of sp³-hybridized carbons (Fsp3) is 0.500. The lowest BCUT2D eigenvalue weighted by Crippen LogP contribution is -2.59. The highest BCUT2D eigenvalue weighted by atomic mass is 19.1. The van der Waals surface area contributed by atoms with Crippen LogP contribution in [-0.2, 0) is 19.3 Å². The van der Waals surface area contributed by atoms with Gasteiger partial charge in [-0.15, -0.1) is 0 Å². The lowest BCUT2D eigenvalue weighted by atomic mass is 9.80. The number of nitrogen functional groups attached to an aromatic ring is 1. The first-order valence-corrected chi connectivity index (χ1v) is 15.5. The standard InChI is InChI=1S/C36H47FN2O4/c1-35(2)16-9-17-36(3,4)39(35)18-19-43-30-15-12-23(21-28(30)37)20-27-33(38)26(22-31(41-5)34(27)42-6)32-25-11-8-7-10-24(25)13-14-29(32)40/h12-15,21-22,40H,7-11,16-20,38H2,1-6H3. The highest BCUT2D eigenvalue weighted by Crippen LogP contribution is 2.47. The minimum atomic E-state index is -0.412. The van der Waals surface area contributed by atoms with Crippen molar-refractivity contribution in [1.82, 2.24) is 4.90 Å². The highest BCUT2D eigenvalue weighted by Gasteiger charge is 2.40.